The first-order chi connectivity index (χ1) is 6.76. The Bertz CT molecular complexity index is 328. The predicted octanol–water partition coefficient (Wildman–Crippen LogP) is 3.71. The van der Waals surface area contributed by atoms with Gasteiger partial charge in [0.15, 0.2) is 0 Å². The van der Waals surface area contributed by atoms with Gasteiger partial charge in [-0.05, 0) is 30.8 Å². The average molecular weight is 224 g/mol. The van der Waals surface area contributed by atoms with Crippen molar-refractivity contribution in [2.24, 2.45) is 4.99 Å². The van der Waals surface area contributed by atoms with Crippen LogP contribution in [0.25, 0.3) is 0 Å². The summed E-state index contributed by atoms with van der Waals surface area (Å²) in [6.07, 6.45) is 2.86. The van der Waals surface area contributed by atoms with Gasteiger partial charge in [0.25, 0.3) is 0 Å². The van der Waals surface area contributed by atoms with Crippen LogP contribution in [-0.2, 0) is 0 Å². The summed E-state index contributed by atoms with van der Waals surface area (Å²) in [6.45, 7) is 4.36. The van der Waals surface area contributed by atoms with Gasteiger partial charge >= 0.3 is 0 Å². The number of rotatable bonds is 4. The molecule has 2 nitrogen and oxygen atoms in total. The van der Waals surface area contributed by atoms with Crippen molar-refractivity contribution in [2.75, 3.05) is 0 Å². The molecule has 0 amide bonds. The smallest absolute Gasteiger partial charge is 0.0964 e. The van der Waals surface area contributed by atoms with E-state index >= 15 is 0 Å². The van der Waals surface area contributed by atoms with Gasteiger partial charge in [0.2, 0.25) is 0 Å². The van der Waals surface area contributed by atoms with E-state index in [-0.39, 0.29) is 0 Å². The van der Waals surface area contributed by atoms with Gasteiger partial charge < -0.3 is 0 Å². The van der Waals surface area contributed by atoms with E-state index in [0.717, 1.165) is 17.1 Å². The molecule has 0 saturated heterocycles. The minimum atomic E-state index is 0.599. The van der Waals surface area contributed by atoms with Crippen molar-refractivity contribution in [3.63, 3.8) is 0 Å². The molecular weight excluding hydrogens is 212 g/mol. The summed E-state index contributed by atoms with van der Waals surface area (Å²) in [5.74, 6) is 0. The minimum Gasteiger partial charge on any atom is -0.248 e. The molecule has 0 aliphatic heterocycles. The molecule has 74 valence electrons. The van der Waals surface area contributed by atoms with Gasteiger partial charge in [-0.15, -0.1) is 11.8 Å². The van der Waals surface area contributed by atoms with Crippen molar-refractivity contribution >= 4 is 34.8 Å². The van der Waals surface area contributed by atoms with Crippen molar-refractivity contribution in [1.82, 2.24) is 4.98 Å². The van der Waals surface area contributed by atoms with Gasteiger partial charge in [-0.3, -0.25) is 0 Å². The van der Waals surface area contributed by atoms with Crippen molar-refractivity contribution in [1.29, 1.82) is 0 Å². The molecule has 0 aliphatic carbocycles. The minimum absolute atomic E-state index is 0.599. The van der Waals surface area contributed by atoms with Crippen molar-refractivity contribution in [2.45, 2.75) is 30.5 Å². The molecule has 0 bridgehead atoms. The second-order valence-corrected chi connectivity index (χ2v) is 4.54. The molecule has 1 aromatic rings. The Morgan fingerprint density at radius 2 is 2.43 bits per heavy atom. The van der Waals surface area contributed by atoms with Crippen LogP contribution < -0.4 is 0 Å². The number of thiocarbonyl (C=S) groups is 1. The molecule has 0 fully saturated rings. The van der Waals surface area contributed by atoms with E-state index in [1.54, 1.807) is 18.0 Å². The fourth-order valence-corrected chi connectivity index (χ4v) is 1.80. The van der Waals surface area contributed by atoms with E-state index in [2.05, 4.69) is 41.2 Å². The first-order valence-electron chi connectivity index (χ1n) is 4.47. The number of nitrogens with zero attached hydrogens (tertiary/aromatic N) is 2. The molecule has 1 aromatic heterocycles. The van der Waals surface area contributed by atoms with Gasteiger partial charge in [-0.1, -0.05) is 13.8 Å². The number of pyridine rings is 1. The molecule has 14 heavy (non-hydrogen) atoms. The van der Waals surface area contributed by atoms with Crippen LogP contribution in [0.1, 0.15) is 20.3 Å². The van der Waals surface area contributed by atoms with Crippen LogP contribution in [0.4, 0.5) is 5.69 Å². The largest absolute Gasteiger partial charge is 0.248 e. The summed E-state index contributed by atoms with van der Waals surface area (Å²) in [6, 6.07) is 3.86. The lowest BCUT2D eigenvalue weighted by Gasteiger charge is -2.06. The summed E-state index contributed by atoms with van der Waals surface area (Å²) in [5.41, 5.74) is 0.758. The lowest BCUT2D eigenvalue weighted by Crippen LogP contribution is -1.92. The van der Waals surface area contributed by atoms with Gasteiger partial charge in [-0.25, -0.2) is 4.98 Å². The van der Waals surface area contributed by atoms with Crippen LogP contribution in [0.3, 0.4) is 0 Å². The standard InChI is InChI=1S/C10H12N2S2/c1-3-8(2)14-10-5-4-9(6-11-10)12-7-13/h4-6,8H,3H2,1-2H3. The molecule has 1 heterocycles. The van der Waals surface area contributed by atoms with E-state index in [9.17, 15) is 0 Å². The van der Waals surface area contributed by atoms with Crippen molar-refractivity contribution in [3.8, 4) is 0 Å². The lowest BCUT2D eigenvalue weighted by molar-refractivity contribution is 0.901. The maximum atomic E-state index is 4.51. The Hall–Kier alpha value is -0.700. The van der Waals surface area contributed by atoms with E-state index < -0.39 is 0 Å². The first-order valence-corrected chi connectivity index (χ1v) is 5.75. The van der Waals surface area contributed by atoms with Crippen LogP contribution in [0.2, 0.25) is 0 Å². The van der Waals surface area contributed by atoms with Gasteiger partial charge in [0.1, 0.15) is 0 Å². The maximum Gasteiger partial charge on any atom is 0.0964 e. The Morgan fingerprint density at radius 3 is 2.93 bits per heavy atom. The third kappa shape index (κ3) is 3.58. The molecule has 0 aliphatic rings. The maximum absolute atomic E-state index is 4.51. The lowest BCUT2D eigenvalue weighted by atomic mass is 10.4. The van der Waals surface area contributed by atoms with Crippen LogP contribution >= 0.6 is 24.0 Å². The van der Waals surface area contributed by atoms with Gasteiger partial charge in [0.05, 0.1) is 22.1 Å². The summed E-state index contributed by atoms with van der Waals surface area (Å²) in [4.78, 5) is 8.11. The zero-order valence-electron chi connectivity index (χ0n) is 8.23. The molecule has 1 atom stereocenters. The van der Waals surface area contributed by atoms with Gasteiger partial charge in [0, 0.05) is 5.25 Å². The number of aromatic nitrogens is 1. The summed E-state index contributed by atoms with van der Waals surface area (Å²) < 4.78 is 0. The topological polar surface area (TPSA) is 25.2 Å². The fourth-order valence-electron chi connectivity index (χ4n) is 0.851. The number of isothiocyanates is 1. The number of aliphatic imine (C=N–C) groups is 1. The SMILES string of the molecule is CCC(C)Sc1ccc(N=C=S)cn1. The Kier molecular flexibility index (Phi) is 4.80. The predicted molar refractivity (Wildman–Crippen MR) is 64.5 cm³/mol. The summed E-state index contributed by atoms with van der Waals surface area (Å²) >= 11 is 6.28. The Labute approximate surface area is 93.9 Å². The first kappa shape index (κ1) is 11.4. The highest BCUT2D eigenvalue weighted by Crippen LogP contribution is 2.24. The molecule has 0 spiro atoms. The summed E-state index contributed by atoms with van der Waals surface area (Å²) in [7, 11) is 0. The van der Waals surface area contributed by atoms with Gasteiger partial charge in [-0.2, -0.15) is 4.99 Å². The number of hydrogen-bond acceptors (Lipinski definition) is 4. The second kappa shape index (κ2) is 5.91. The van der Waals surface area contributed by atoms with E-state index in [0.29, 0.717) is 5.25 Å². The molecular formula is C10H12N2S2. The molecule has 1 rings (SSSR count). The molecule has 0 N–H and O–H groups in total. The fraction of sp³-hybridized carbons (Fsp3) is 0.400. The highest BCUT2D eigenvalue weighted by molar-refractivity contribution is 7.99. The zero-order chi connectivity index (χ0) is 10.4. The summed E-state index contributed by atoms with van der Waals surface area (Å²) in [5, 5.41) is 3.95. The van der Waals surface area contributed by atoms with Crippen molar-refractivity contribution in [3.05, 3.63) is 18.3 Å². The van der Waals surface area contributed by atoms with E-state index in [1.165, 1.54) is 0 Å². The Morgan fingerprint density at radius 1 is 1.64 bits per heavy atom. The number of hydrogen-bond donors (Lipinski definition) is 0. The van der Waals surface area contributed by atoms with Crippen molar-refractivity contribution < 1.29 is 0 Å². The zero-order valence-corrected chi connectivity index (χ0v) is 9.86. The quantitative estimate of drug-likeness (QED) is 0.443. The molecule has 0 aromatic carbocycles. The molecule has 0 saturated carbocycles. The third-order valence-corrected chi connectivity index (χ3v) is 3.10. The molecule has 4 heteroatoms. The number of thioether (sulfide) groups is 1. The monoisotopic (exact) mass is 224 g/mol. The molecule has 0 radical (unpaired) electrons. The van der Waals surface area contributed by atoms with Crippen LogP contribution in [-0.4, -0.2) is 15.4 Å². The van der Waals surface area contributed by atoms with Crippen LogP contribution in [0.5, 0.6) is 0 Å². The average Bonchev–Trinajstić information content (AvgIpc) is 2.21. The van der Waals surface area contributed by atoms with E-state index in [1.807, 2.05) is 12.1 Å². The normalized spacial score (nSPS) is 11.9. The van der Waals surface area contributed by atoms with Crippen LogP contribution in [0.15, 0.2) is 28.3 Å². The van der Waals surface area contributed by atoms with Crippen LogP contribution in [0, 0.1) is 0 Å². The Balaban J connectivity index is 2.68. The molecule has 1 unspecified atom stereocenters. The third-order valence-electron chi connectivity index (χ3n) is 1.79. The van der Waals surface area contributed by atoms with E-state index in [4.69, 9.17) is 0 Å². The second-order valence-electron chi connectivity index (χ2n) is 2.89. The highest BCUT2D eigenvalue weighted by Gasteiger charge is 2.02. The highest BCUT2D eigenvalue weighted by atomic mass is 32.2.